The van der Waals surface area contributed by atoms with Gasteiger partial charge in [-0.1, -0.05) is 36.4 Å². The maximum absolute atomic E-state index is 6.09. The monoisotopic (exact) mass is 414 g/mol. The topological polar surface area (TPSA) is 36.3 Å². The van der Waals surface area contributed by atoms with E-state index in [1.54, 1.807) is 0 Å². The molecule has 0 amide bonds. The minimum atomic E-state index is 0.457. The first-order chi connectivity index (χ1) is 15.1. The Morgan fingerprint density at radius 3 is 2.42 bits per heavy atom. The maximum Gasteiger partial charge on any atom is 0.147 e. The van der Waals surface area contributed by atoms with Crippen LogP contribution in [0.5, 0.6) is 11.5 Å². The van der Waals surface area contributed by atoms with Crippen molar-refractivity contribution in [3.63, 3.8) is 0 Å². The summed E-state index contributed by atoms with van der Waals surface area (Å²) < 4.78 is 14.3. The quantitative estimate of drug-likeness (QED) is 0.297. The van der Waals surface area contributed by atoms with Gasteiger partial charge in [-0.05, 0) is 80.6 Å². The highest BCUT2D eigenvalue weighted by atomic mass is 16.5. The van der Waals surface area contributed by atoms with Crippen LogP contribution < -0.4 is 9.47 Å². The molecule has 0 N–H and O–H groups in total. The molecular weight excluding hydrogens is 384 g/mol. The van der Waals surface area contributed by atoms with E-state index in [4.69, 9.17) is 14.5 Å². The van der Waals surface area contributed by atoms with Gasteiger partial charge in [0.25, 0.3) is 0 Å². The Bertz CT molecular complexity index is 1160. The lowest BCUT2D eigenvalue weighted by atomic mass is 10.1. The SMILES string of the molecule is Cc1ccc(OCCCCn2c(COc3ccccc3C)nc3ccccc32)cc1C. The molecule has 160 valence electrons. The van der Waals surface area contributed by atoms with E-state index in [-0.39, 0.29) is 0 Å². The van der Waals surface area contributed by atoms with Gasteiger partial charge in [0.1, 0.15) is 23.9 Å². The zero-order valence-corrected chi connectivity index (χ0v) is 18.6. The van der Waals surface area contributed by atoms with Crippen LogP contribution in [0.4, 0.5) is 0 Å². The van der Waals surface area contributed by atoms with Crippen molar-refractivity contribution in [2.24, 2.45) is 0 Å². The number of benzene rings is 3. The first-order valence-electron chi connectivity index (χ1n) is 10.9. The Hall–Kier alpha value is -3.27. The summed E-state index contributed by atoms with van der Waals surface area (Å²) in [4.78, 5) is 4.83. The van der Waals surface area contributed by atoms with Gasteiger partial charge in [0, 0.05) is 6.54 Å². The van der Waals surface area contributed by atoms with Crippen LogP contribution in [0.25, 0.3) is 11.0 Å². The van der Waals surface area contributed by atoms with E-state index in [1.165, 1.54) is 11.1 Å². The van der Waals surface area contributed by atoms with Gasteiger partial charge in [0.05, 0.1) is 17.6 Å². The number of para-hydroxylation sites is 3. The highest BCUT2D eigenvalue weighted by Gasteiger charge is 2.11. The molecule has 3 aromatic carbocycles. The van der Waals surface area contributed by atoms with E-state index >= 15 is 0 Å². The molecule has 0 atom stereocenters. The van der Waals surface area contributed by atoms with Crippen molar-refractivity contribution in [1.29, 1.82) is 0 Å². The third-order valence-corrected chi connectivity index (χ3v) is 5.71. The van der Waals surface area contributed by atoms with Gasteiger partial charge in [-0.25, -0.2) is 4.98 Å². The van der Waals surface area contributed by atoms with Gasteiger partial charge < -0.3 is 14.0 Å². The Balaban J connectivity index is 1.38. The summed E-state index contributed by atoms with van der Waals surface area (Å²) in [6.07, 6.45) is 2.00. The highest BCUT2D eigenvalue weighted by molar-refractivity contribution is 5.75. The first-order valence-corrected chi connectivity index (χ1v) is 10.9. The molecule has 1 aromatic heterocycles. The zero-order chi connectivity index (χ0) is 21.6. The second kappa shape index (κ2) is 9.69. The number of hydrogen-bond donors (Lipinski definition) is 0. The van der Waals surface area contributed by atoms with Crippen molar-refractivity contribution < 1.29 is 9.47 Å². The summed E-state index contributed by atoms with van der Waals surface area (Å²) in [5, 5.41) is 0. The Kier molecular flexibility index (Phi) is 6.56. The number of hydrogen-bond acceptors (Lipinski definition) is 3. The fraction of sp³-hybridized carbons (Fsp3) is 0.296. The molecule has 0 bridgehead atoms. The van der Waals surface area contributed by atoms with Gasteiger partial charge in [0.2, 0.25) is 0 Å². The average Bonchev–Trinajstić information content (AvgIpc) is 3.13. The number of aromatic nitrogens is 2. The van der Waals surface area contributed by atoms with E-state index in [9.17, 15) is 0 Å². The van der Waals surface area contributed by atoms with Gasteiger partial charge >= 0.3 is 0 Å². The van der Waals surface area contributed by atoms with E-state index < -0.39 is 0 Å². The standard InChI is InChI=1S/C27H30N2O2/c1-20-14-15-23(18-22(20)3)30-17-9-8-16-29-25-12-6-5-11-24(25)28-27(29)19-31-26-13-7-4-10-21(26)2/h4-7,10-15,18H,8-9,16-17,19H2,1-3H3. The molecule has 0 unspecified atom stereocenters. The van der Waals surface area contributed by atoms with Crippen molar-refractivity contribution >= 4 is 11.0 Å². The fourth-order valence-electron chi connectivity index (χ4n) is 3.71. The summed E-state index contributed by atoms with van der Waals surface area (Å²) in [6.45, 7) is 8.36. The summed E-state index contributed by atoms with van der Waals surface area (Å²) in [7, 11) is 0. The summed E-state index contributed by atoms with van der Waals surface area (Å²) in [5.41, 5.74) is 5.85. The molecule has 4 aromatic rings. The van der Waals surface area contributed by atoms with Gasteiger partial charge in [-0.15, -0.1) is 0 Å². The molecule has 0 aliphatic rings. The molecule has 4 rings (SSSR count). The lowest BCUT2D eigenvalue weighted by Gasteiger charge is -2.12. The minimum Gasteiger partial charge on any atom is -0.494 e. The zero-order valence-electron chi connectivity index (χ0n) is 18.6. The smallest absolute Gasteiger partial charge is 0.147 e. The first kappa shape index (κ1) is 21.0. The molecule has 4 nitrogen and oxygen atoms in total. The van der Waals surface area contributed by atoms with Gasteiger partial charge in [-0.2, -0.15) is 0 Å². The molecule has 0 aliphatic carbocycles. The van der Waals surface area contributed by atoms with Gasteiger partial charge in [0.15, 0.2) is 0 Å². The average molecular weight is 415 g/mol. The highest BCUT2D eigenvalue weighted by Crippen LogP contribution is 2.21. The molecular formula is C27H30N2O2. The van der Waals surface area contributed by atoms with Crippen LogP contribution in [0.2, 0.25) is 0 Å². The van der Waals surface area contributed by atoms with E-state index in [2.05, 4.69) is 61.7 Å². The van der Waals surface area contributed by atoms with Crippen molar-refractivity contribution in [2.75, 3.05) is 6.61 Å². The van der Waals surface area contributed by atoms with E-state index in [0.29, 0.717) is 13.2 Å². The number of rotatable bonds is 9. The van der Waals surface area contributed by atoms with Crippen molar-refractivity contribution in [1.82, 2.24) is 9.55 Å². The normalized spacial score (nSPS) is 11.1. The van der Waals surface area contributed by atoms with Gasteiger partial charge in [-0.3, -0.25) is 0 Å². The molecule has 1 heterocycles. The lowest BCUT2D eigenvalue weighted by Crippen LogP contribution is -2.09. The summed E-state index contributed by atoms with van der Waals surface area (Å²) >= 11 is 0. The second-order valence-electron chi connectivity index (χ2n) is 8.02. The number of aryl methyl sites for hydroxylation is 4. The Morgan fingerprint density at radius 2 is 1.58 bits per heavy atom. The third-order valence-electron chi connectivity index (χ3n) is 5.71. The number of fused-ring (bicyclic) bond motifs is 1. The second-order valence-corrected chi connectivity index (χ2v) is 8.02. The lowest BCUT2D eigenvalue weighted by molar-refractivity contribution is 0.283. The molecule has 0 aliphatic heterocycles. The van der Waals surface area contributed by atoms with Crippen LogP contribution in [0.3, 0.4) is 0 Å². The van der Waals surface area contributed by atoms with Crippen LogP contribution in [0.1, 0.15) is 35.4 Å². The molecule has 31 heavy (non-hydrogen) atoms. The summed E-state index contributed by atoms with van der Waals surface area (Å²) in [5.74, 6) is 2.81. The number of imidazole rings is 1. The van der Waals surface area contributed by atoms with Crippen molar-refractivity contribution in [3.05, 3.63) is 89.2 Å². The number of unbranched alkanes of at least 4 members (excludes halogenated alkanes) is 1. The largest absolute Gasteiger partial charge is 0.494 e. The predicted octanol–water partition coefficient (Wildman–Crippen LogP) is 6.40. The Morgan fingerprint density at radius 1 is 0.774 bits per heavy atom. The molecule has 0 saturated heterocycles. The molecule has 0 fully saturated rings. The maximum atomic E-state index is 6.09. The van der Waals surface area contributed by atoms with E-state index in [0.717, 1.165) is 53.3 Å². The molecule has 0 spiro atoms. The predicted molar refractivity (Wildman–Crippen MR) is 126 cm³/mol. The van der Waals surface area contributed by atoms with E-state index in [1.807, 2.05) is 30.3 Å². The van der Waals surface area contributed by atoms with Crippen molar-refractivity contribution in [2.45, 2.75) is 46.8 Å². The fourth-order valence-corrected chi connectivity index (χ4v) is 3.71. The number of nitrogens with zero attached hydrogens (tertiary/aromatic N) is 2. The summed E-state index contributed by atoms with van der Waals surface area (Å²) in [6, 6.07) is 22.7. The Labute approximate surface area is 184 Å². The van der Waals surface area contributed by atoms with Crippen molar-refractivity contribution in [3.8, 4) is 11.5 Å². The molecule has 0 radical (unpaired) electrons. The minimum absolute atomic E-state index is 0.457. The third kappa shape index (κ3) is 5.08. The molecule has 4 heteroatoms. The van der Waals surface area contributed by atoms with Crippen LogP contribution in [0, 0.1) is 20.8 Å². The van der Waals surface area contributed by atoms with Crippen LogP contribution in [0.15, 0.2) is 66.7 Å². The van der Waals surface area contributed by atoms with Crippen LogP contribution in [-0.4, -0.2) is 16.2 Å². The molecule has 0 saturated carbocycles. The van der Waals surface area contributed by atoms with Crippen LogP contribution in [-0.2, 0) is 13.2 Å². The number of ether oxygens (including phenoxy) is 2. The van der Waals surface area contributed by atoms with Crippen LogP contribution >= 0.6 is 0 Å².